The molecule has 1 unspecified atom stereocenters. The van der Waals surface area contributed by atoms with E-state index in [-0.39, 0.29) is 11.3 Å². The van der Waals surface area contributed by atoms with Gasteiger partial charge in [-0.15, -0.1) is 11.6 Å². The Morgan fingerprint density at radius 1 is 1.40 bits per heavy atom. The van der Waals surface area contributed by atoms with E-state index in [0.717, 1.165) is 5.56 Å². The highest BCUT2D eigenvalue weighted by molar-refractivity contribution is 6.20. The van der Waals surface area contributed by atoms with Crippen LogP contribution < -0.4 is 5.32 Å². The monoisotopic (exact) mass is 225 g/mol. The highest BCUT2D eigenvalue weighted by Crippen LogP contribution is 2.09. The molecule has 15 heavy (non-hydrogen) atoms. The Kier molecular flexibility index (Phi) is 4.15. The van der Waals surface area contributed by atoms with Crippen molar-refractivity contribution in [2.45, 2.75) is 26.1 Å². The van der Waals surface area contributed by atoms with Crippen LogP contribution in [0.2, 0.25) is 0 Å². The normalized spacial score (nSPS) is 12.3. The van der Waals surface area contributed by atoms with E-state index < -0.39 is 0 Å². The zero-order valence-electron chi connectivity index (χ0n) is 9.30. The van der Waals surface area contributed by atoms with Gasteiger partial charge >= 0.3 is 0 Å². The zero-order chi connectivity index (χ0) is 11.4. The molecule has 2 nitrogen and oxygen atoms in total. The number of hydrogen-bond acceptors (Lipinski definition) is 1. The number of nitrogens with one attached hydrogen (secondary N) is 1. The fourth-order valence-electron chi connectivity index (χ4n) is 1.22. The van der Waals surface area contributed by atoms with Crippen LogP contribution in [0.1, 0.15) is 28.4 Å². The Morgan fingerprint density at radius 3 is 2.60 bits per heavy atom. The lowest BCUT2D eigenvalue weighted by Gasteiger charge is -2.07. The molecule has 1 amide bonds. The quantitative estimate of drug-likeness (QED) is 0.788. The van der Waals surface area contributed by atoms with Crippen molar-refractivity contribution in [2.24, 2.45) is 0 Å². The number of amides is 1. The molecule has 82 valence electrons. The summed E-state index contributed by atoms with van der Waals surface area (Å²) in [5.41, 5.74) is 3.01. The highest BCUT2D eigenvalue weighted by atomic mass is 35.5. The maximum absolute atomic E-state index is 11.6. The average molecular weight is 226 g/mol. The molecule has 1 rings (SSSR count). The largest absolute Gasteiger partial charge is 0.351 e. The van der Waals surface area contributed by atoms with Crippen molar-refractivity contribution in [2.75, 3.05) is 6.54 Å². The van der Waals surface area contributed by atoms with E-state index in [0.29, 0.717) is 12.1 Å². The van der Waals surface area contributed by atoms with Crippen molar-refractivity contribution in [1.82, 2.24) is 5.32 Å². The lowest BCUT2D eigenvalue weighted by molar-refractivity contribution is 0.0954. The molecular weight excluding hydrogens is 210 g/mol. The number of benzene rings is 1. The van der Waals surface area contributed by atoms with Gasteiger partial charge in [-0.05, 0) is 44.0 Å². The van der Waals surface area contributed by atoms with Crippen molar-refractivity contribution in [3.05, 3.63) is 34.9 Å². The number of carbonyl (C=O) groups is 1. The van der Waals surface area contributed by atoms with E-state index in [4.69, 9.17) is 11.6 Å². The Balaban J connectivity index is 2.70. The second-order valence-electron chi connectivity index (χ2n) is 3.79. The van der Waals surface area contributed by atoms with Crippen LogP contribution in [-0.4, -0.2) is 17.8 Å². The van der Waals surface area contributed by atoms with Crippen LogP contribution in [0, 0.1) is 13.8 Å². The summed E-state index contributed by atoms with van der Waals surface area (Å²) in [6, 6.07) is 5.68. The molecule has 1 N–H and O–H groups in total. The molecular formula is C12H16ClNO. The second kappa shape index (κ2) is 5.17. The predicted octanol–water partition coefficient (Wildman–Crippen LogP) is 2.66. The predicted molar refractivity (Wildman–Crippen MR) is 63.6 cm³/mol. The number of carbonyl (C=O) groups excluding carboxylic acids is 1. The van der Waals surface area contributed by atoms with E-state index in [1.54, 1.807) is 0 Å². The third kappa shape index (κ3) is 3.56. The summed E-state index contributed by atoms with van der Waals surface area (Å²) in [5, 5.41) is 2.73. The molecule has 0 heterocycles. The fraction of sp³-hybridized carbons (Fsp3) is 0.417. The molecule has 0 saturated carbocycles. The Morgan fingerprint density at radius 2 is 2.07 bits per heavy atom. The SMILES string of the molecule is Cc1ccc(C(=O)NCC(C)Cl)cc1C. The van der Waals surface area contributed by atoms with Crippen molar-refractivity contribution in [1.29, 1.82) is 0 Å². The minimum Gasteiger partial charge on any atom is -0.351 e. The van der Waals surface area contributed by atoms with Gasteiger partial charge in [0.05, 0.1) is 0 Å². The molecule has 1 aromatic carbocycles. The third-order valence-electron chi connectivity index (χ3n) is 2.31. The van der Waals surface area contributed by atoms with E-state index in [2.05, 4.69) is 5.32 Å². The summed E-state index contributed by atoms with van der Waals surface area (Å²) in [5.74, 6) is -0.0643. The molecule has 0 spiro atoms. The van der Waals surface area contributed by atoms with E-state index in [9.17, 15) is 4.79 Å². The first kappa shape index (κ1) is 12.1. The van der Waals surface area contributed by atoms with Crippen molar-refractivity contribution < 1.29 is 4.79 Å². The van der Waals surface area contributed by atoms with Crippen LogP contribution in [0.25, 0.3) is 0 Å². The van der Waals surface area contributed by atoms with Crippen LogP contribution in [0.5, 0.6) is 0 Å². The van der Waals surface area contributed by atoms with Crippen LogP contribution >= 0.6 is 11.6 Å². The van der Waals surface area contributed by atoms with E-state index >= 15 is 0 Å². The van der Waals surface area contributed by atoms with Gasteiger partial charge in [-0.25, -0.2) is 0 Å². The molecule has 0 aliphatic rings. The summed E-state index contributed by atoms with van der Waals surface area (Å²) in [4.78, 5) is 11.6. The number of alkyl halides is 1. The van der Waals surface area contributed by atoms with Gasteiger partial charge < -0.3 is 5.32 Å². The van der Waals surface area contributed by atoms with Crippen molar-refractivity contribution in [3.63, 3.8) is 0 Å². The van der Waals surface area contributed by atoms with Crippen LogP contribution in [0.15, 0.2) is 18.2 Å². The van der Waals surface area contributed by atoms with Crippen LogP contribution in [0.4, 0.5) is 0 Å². The van der Waals surface area contributed by atoms with Gasteiger partial charge in [0.1, 0.15) is 0 Å². The van der Waals surface area contributed by atoms with Crippen LogP contribution in [0.3, 0.4) is 0 Å². The van der Waals surface area contributed by atoms with Gasteiger partial charge in [0.2, 0.25) is 0 Å². The molecule has 0 fully saturated rings. The Bertz CT molecular complexity index is 361. The number of halogens is 1. The van der Waals surface area contributed by atoms with E-state index in [1.165, 1.54) is 5.56 Å². The molecule has 0 aromatic heterocycles. The van der Waals surface area contributed by atoms with Gasteiger partial charge in [-0.1, -0.05) is 6.07 Å². The van der Waals surface area contributed by atoms with Gasteiger partial charge in [0, 0.05) is 17.5 Å². The smallest absolute Gasteiger partial charge is 0.251 e. The molecule has 0 aliphatic carbocycles. The van der Waals surface area contributed by atoms with Crippen molar-refractivity contribution >= 4 is 17.5 Å². The molecule has 0 aliphatic heterocycles. The fourth-order valence-corrected chi connectivity index (χ4v) is 1.30. The summed E-state index contributed by atoms with van der Waals surface area (Å²) in [7, 11) is 0. The summed E-state index contributed by atoms with van der Waals surface area (Å²) in [6.07, 6.45) is 0. The average Bonchev–Trinajstić information content (AvgIpc) is 2.18. The standard InChI is InChI=1S/C12H16ClNO/c1-8-4-5-11(6-9(8)2)12(15)14-7-10(3)13/h4-6,10H,7H2,1-3H3,(H,14,15). The first-order chi connectivity index (χ1) is 7.00. The number of rotatable bonds is 3. The lowest BCUT2D eigenvalue weighted by Crippen LogP contribution is -2.28. The van der Waals surface area contributed by atoms with Gasteiger partial charge in [-0.3, -0.25) is 4.79 Å². The molecule has 1 aromatic rings. The Hall–Kier alpha value is -1.02. The number of hydrogen-bond donors (Lipinski definition) is 1. The second-order valence-corrected chi connectivity index (χ2v) is 4.53. The van der Waals surface area contributed by atoms with Gasteiger partial charge in [0.25, 0.3) is 5.91 Å². The molecule has 0 radical (unpaired) electrons. The molecule has 1 atom stereocenters. The minimum absolute atomic E-state index is 0.0412. The van der Waals surface area contributed by atoms with Gasteiger partial charge in [0.15, 0.2) is 0 Å². The summed E-state index contributed by atoms with van der Waals surface area (Å²) in [6.45, 7) is 6.36. The summed E-state index contributed by atoms with van der Waals surface area (Å²) < 4.78 is 0. The first-order valence-corrected chi connectivity index (χ1v) is 5.44. The van der Waals surface area contributed by atoms with Crippen molar-refractivity contribution in [3.8, 4) is 0 Å². The first-order valence-electron chi connectivity index (χ1n) is 5.00. The topological polar surface area (TPSA) is 29.1 Å². The van der Waals surface area contributed by atoms with Crippen LogP contribution in [-0.2, 0) is 0 Å². The molecule has 0 bridgehead atoms. The molecule has 0 saturated heterocycles. The number of aryl methyl sites for hydroxylation is 2. The maximum atomic E-state index is 11.6. The Labute approximate surface area is 95.6 Å². The maximum Gasteiger partial charge on any atom is 0.251 e. The minimum atomic E-state index is -0.0643. The highest BCUT2D eigenvalue weighted by Gasteiger charge is 2.06. The molecule has 3 heteroatoms. The zero-order valence-corrected chi connectivity index (χ0v) is 10.1. The summed E-state index contributed by atoms with van der Waals surface area (Å²) >= 11 is 5.75. The third-order valence-corrected chi connectivity index (χ3v) is 2.47. The van der Waals surface area contributed by atoms with E-state index in [1.807, 2.05) is 39.0 Å². The van der Waals surface area contributed by atoms with Gasteiger partial charge in [-0.2, -0.15) is 0 Å². The lowest BCUT2D eigenvalue weighted by atomic mass is 10.1.